The Kier molecular flexibility index (Phi) is 6.29. The normalized spacial score (nSPS) is 10.6. The number of hydrogen-bond donors (Lipinski definition) is 1. The van der Waals surface area contributed by atoms with Crippen molar-refractivity contribution in [3.05, 3.63) is 93.7 Å². The molecule has 0 fully saturated rings. The molecule has 25 heavy (non-hydrogen) atoms. The van der Waals surface area contributed by atoms with Crippen LogP contribution in [0.3, 0.4) is 0 Å². The third kappa shape index (κ3) is 5.46. The maximum Gasteiger partial charge on any atom is 0.124 e. The largest absolute Gasteiger partial charge is 0.489 e. The summed E-state index contributed by atoms with van der Waals surface area (Å²) in [6.07, 6.45) is 3.58. The van der Waals surface area contributed by atoms with Crippen molar-refractivity contribution in [2.45, 2.75) is 19.7 Å². The minimum absolute atomic E-state index is 0.458. The fourth-order valence-corrected chi connectivity index (χ4v) is 2.86. The summed E-state index contributed by atoms with van der Waals surface area (Å²) < 4.78 is 5.97. The van der Waals surface area contributed by atoms with Crippen LogP contribution in [0.2, 0.25) is 10.0 Å². The smallest absolute Gasteiger partial charge is 0.124 e. The van der Waals surface area contributed by atoms with E-state index in [1.165, 1.54) is 5.56 Å². The number of aromatic nitrogens is 1. The van der Waals surface area contributed by atoms with E-state index in [4.69, 9.17) is 27.9 Å². The molecular formula is C20H18Cl2N2O. The minimum atomic E-state index is 0.458. The molecule has 3 aromatic rings. The van der Waals surface area contributed by atoms with Crippen LogP contribution in [0, 0.1) is 0 Å². The third-order valence-electron chi connectivity index (χ3n) is 3.70. The minimum Gasteiger partial charge on any atom is -0.489 e. The monoisotopic (exact) mass is 372 g/mol. The Hall–Kier alpha value is -2.07. The Morgan fingerprint density at radius 2 is 1.64 bits per heavy atom. The molecule has 0 aliphatic heterocycles. The first-order chi connectivity index (χ1) is 12.2. The molecule has 3 nitrogen and oxygen atoms in total. The van der Waals surface area contributed by atoms with Gasteiger partial charge in [0.25, 0.3) is 0 Å². The van der Waals surface area contributed by atoms with Crippen molar-refractivity contribution in [2.24, 2.45) is 0 Å². The lowest BCUT2D eigenvalue weighted by Gasteiger charge is -2.13. The molecule has 128 valence electrons. The zero-order valence-electron chi connectivity index (χ0n) is 13.6. The van der Waals surface area contributed by atoms with Crippen molar-refractivity contribution >= 4 is 23.2 Å². The summed E-state index contributed by atoms with van der Waals surface area (Å²) in [5, 5.41) is 4.80. The number of nitrogens with zero attached hydrogens (tertiary/aromatic N) is 1. The first kappa shape index (κ1) is 17.7. The number of halogens is 2. The lowest BCUT2D eigenvalue weighted by atomic mass is 10.2. The van der Waals surface area contributed by atoms with Crippen molar-refractivity contribution in [2.75, 3.05) is 0 Å². The van der Waals surface area contributed by atoms with Crippen LogP contribution in [0.15, 0.2) is 67.0 Å². The lowest BCUT2D eigenvalue weighted by molar-refractivity contribution is 0.302. The van der Waals surface area contributed by atoms with E-state index in [0.29, 0.717) is 23.2 Å². The van der Waals surface area contributed by atoms with Gasteiger partial charge >= 0.3 is 0 Å². The highest BCUT2D eigenvalue weighted by atomic mass is 35.5. The molecule has 1 N–H and O–H groups in total. The Morgan fingerprint density at radius 3 is 2.44 bits per heavy atom. The molecular weight excluding hydrogens is 355 g/mol. The summed E-state index contributed by atoms with van der Waals surface area (Å²) in [7, 11) is 0. The van der Waals surface area contributed by atoms with Crippen LogP contribution >= 0.6 is 23.2 Å². The number of ether oxygens (including phenoxy) is 1. The molecule has 0 radical (unpaired) electrons. The molecule has 0 saturated heterocycles. The van der Waals surface area contributed by atoms with E-state index < -0.39 is 0 Å². The van der Waals surface area contributed by atoms with E-state index in [2.05, 4.69) is 10.3 Å². The first-order valence-electron chi connectivity index (χ1n) is 7.96. The molecule has 0 bridgehead atoms. The van der Waals surface area contributed by atoms with E-state index in [-0.39, 0.29) is 0 Å². The van der Waals surface area contributed by atoms with Gasteiger partial charge in [-0.3, -0.25) is 4.98 Å². The van der Waals surface area contributed by atoms with Gasteiger partial charge in [0.15, 0.2) is 0 Å². The lowest BCUT2D eigenvalue weighted by Crippen LogP contribution is -2.13. The predicted molar refractivity (Wildman–Crippen MR) is 102 cm³/mol. The van der Waals surface area contributed by atoms with Crippen LogP contribution in [0.5, 0.6) is 5.75 Å². The average molecular weight is 373 g/mol. The molecule has 0 atom stereocenters. The molecule has 0 aliphatic rings. The predicted octanol–water partition coefficient (Wildman–Crippen LogP) is 5.26. The second-order valence-corrected chi connectivity index (χ2v) is 6.50. The van der Waals surface area contributed by atoms with Gasteiger partial charge in [0.2, 0.25) is 0 Å². The molecule has 5 heteroatoms. The molecule has 3 rings (SSSR count). The van der Waals surface area contributed by atoms with Gasteiger partial charge in [-0.1, -0.05) is 35.3 Å². The average Bonchev–Trinajstić information content (AvgIpc) is 2.62. The van der Waals surface area contributed by atoms with E-state index in [9.17, 15) is 0 Å². The van der Waals surface area contributed by atoms with Crippen LogP contribution in [-0.2, 0) is 19.7 Å². The molecule has 1 heterocycles. The molecule has 0 unspecified atom stereocenters. The highest BCUT2D eigenvalue weighted by Gasteiger charge is 2.06. The van der Waals surface area contributed by atoms with E-state index in [1.807, 2.05) is 54.6 Å². The van der Waals surface area contributed by atoms with Gasteiger partial charge in [-0.2, -0.15) is 0 Å². The molecule has 0 amide bonds. The van der Waals surface area contributed by atoms with Gasteiger partial charge in [0.05, 0.1) is 0 Å². The molecule has 1 aromatic heterocycles. The second-order valence-electron chi connectivity index (χ2n) is 5.63. The highest BCUT2D eigenvalue weighted by molar-refractivity contribution is 6.30. The molecule has 0 spiro atoms. The van der Waals surface area contributed by atoms with Gasteiger partial charge in [0.1, 0.15) is 12.4 Å². The van der Waals surface area contributed by atoms with E-state index in [1.54, 1.807) is 12.4 Å². The zero-order valence-corrected chi connectivity index (χ0v) is 15.1. The first-order valence-corrected chi connectivity index (χ1v) is 8.71. The summed E-state index contributed by atoms with van der Waals surface area (Å²) in [4.78, 5) is 4.02. The number of benzene rings is 2. The summed E-state index contributed by atoms with van der Waals surface area (Å²) in [6, 6.07) is 17.3. The topological polar surface area (TPSA) is 34.1 Å². The van der Waals surface area contributed by atoms with Crippen molar-refractivity contribution in [3.63, 3.8) is 0 Å². The Bertz CT molecular complexity index is 825. The Balaban J connectivity index is 1.63. The fourth-order valence-electron chi connectivity index (χ4n) is 2.46. The Labute approximate surface area is 157 Å². The molecule has 0 aliphatic carbocycles. The van der Waals surface area contributed by atoms with E-state index >= 15 is 0 Å². The maximum absolute atomic E-state index is 6.14. The van der Waals surface area contributed by atoms with Crippen molar-refractivity contribution in [1.29, 1.82) is 0 Å². The van der Waals surface area contributed by atoms with Crippen LogP contribution in [-0.4, -0.2) is 4.98 Å². The van der Waals surface area contributed by atoms with Crippen LogP contribution in [0.1, 0.15) is 16.7 Å². The quantitative estimate of drug-likeness (QED) is 0.614. The number of rotatable bonds is 7. The summed E-state index contributed by atoms with van der Waals surface area (Å²) in [5.74, 6) is 0.812. The number of nitrogens with one attached hydrogen (secondary N) is 1. The summed E-state index contributed by atoms with van der Waals surface area (Å²) in [6.45, 7) is 1.87. The van der Waals surface area contributed by atoms with Crippen LogP contribution in [0.25, 0.3) is 0 Å². The van der Waals surface area contributed by atoms with Crippen molar-refractivity contribution in [3.8, 4) is 5.75 Å². The number of hydrogen-bond acceptors (Lipinski definition) is 3. The number of pyridine rings is 1. The highest BCUT2D eigenvalue weighted by Crippen LogP contribution is 2.24. The van der Waals surface area contributed by atoms with E-state index in [0.717, 1.165) is 23.4 Å². The van der Waals surface area contributed by atoms with Crippen LogP contribution < -0.4 is 10.1 Å². The Morgan fingerprint density at radius 1 is 0.840 bits per heavy atom. The van der Waals surface area contributed by atoms with Gasteiger partial charge in [-0.25, -0.2) is 0 Å². The van der Waals surface area contributed by atoms with Crippen molar-refractivity contribution in [1.82, 2.24) is 10.3 Å². The van der Waals surface area contributed by atoms with Gasteiger partial charge < -0.3 is 10.1 Å². The zero-order chi connectivity index (χ0) is 17.5. The maximum atomic E-state index is 6.14. The summed E-state index contributed by atoms with van der Waals surface area (Å²) >= 11 is 12.2. The molecule has 2 aromatic carbocycles. The second kappa shape index (κ2) is 8.86. The SMILES string of the molecule is Clc1cccc(COc2ccc(Cl)cc2CNCc2ccncc2)c1. The third-order valence-corrected chi connectivity index (χ3v) is 4.17. The standard InChI is InChI=1S/C20H18Cl2N2O/c21-18-3-1-2-16(10-18)14-25-20-5-4-19(22)11-17(20)13-24-12-15-6-8-23-9-7-15/h1-11,24H,12-14H2. The molecule has 0 saturated carbocycles. The fraction of sp³-hybridized carbons (Fsp3) is 0.150. The van der Waals surface area contributed by atoms with Gasteiger partial charge in [0, 0.05) is 41.1 Å². The van der Waals surface area contributed by atoms with Crippen LogP contribution in [0.4, 0.5) is 0 Å². The summed E-state index contributed by atoms with van der Waals surface area (Å²) in [5.41, 5.74) is 3.22. The van der Waals surface area contributed by atoms with Crippen molar-refractivity contribution < 1.29 is 4.74 Å². The van der Waals surface area contributed by atoms with Gasteiger partial charge in [-0.15, -0.1) is 0 Å². The van der Waals surface area contributed by atoms with Gasteiger partial charge in [-0.05, 0) is 53.6 Å².